The van der Waals surface area contributed by atoms with Crippen molar-refractivity contribution in [2.24, 2.45) is 11.8 Å². The van der Waals surface area contributed by atoms with Crippen molar-refractivity contribution in [2.45, 2.75) is 20.3 Å². The lowest BCUT2D eigenvalue weighted by molar-refractivity contribution is -0.150. The van der Waals surface area contributed by atoms with Crippen LogP contribution in [0.3, 0.4) is 0 Å². The molecule has 72 valence electrons. The van der Waals surface area contributed by atoms with E-state index in [4.69, 9.17) is 4.74 Å². The van der Waals surface area contributed by atoms with Gasteiger partial charge in [-0.3, -0.25) is 9.59 Å². The van der Waals surface area contributed by atoms with Crippen LogP contribution in [-0.4, -0.2) is 18.4 Å². The molecule has 1 aliphatic rings. The van der Waals surface area contributed by atoms with Crippen LogP contribution in [0.1, 0.15) is 20.3 Å². The molecule has 0 radical (unpaired) electrons. The monoisotopic (exact) mass is 182 g/mol. The third-order valence-electron chi connectivity index (χ3n) is 2.23. The molecule has 0 aromatic rings. The van der Waals surface area contributed by atoms with Crippen molar-refractivity contribution in [3.63, 3.8) is 0 Å². The first kappa shape index (κ1) is 9.96. The molecule has 0 heterocycles. The average Bonchev–Trinajstić information content (AvgIpc) is 2.09. The average molecular weight is 182 g/mol. The number of hydrogen-bond donors (Lipinski definition) is 0. The Hall–Kier alpha value is -1.12. The van der Waals surface area contributed by atoms with Gasteiger partial charge in [0.2, 0.25) is 0 Å². The fourth-order valence-electron chi connectivity index (χ4n) is 1.41. The molecular weight excluding hydrogens is 168 g/mol. The Morgan fingerprint density at radius 2 is 2.38 bits per heavy atom. The molecule has 0 saturated carbocycles. The van der Waals surface area contributed by atoms with Crippen LogP contribution in [-0.2, 0) is 14.3 Å². The summed E-state index contributed by atoms with van der Waals surface area (Å²) < 4.78 is 4.88. The van der Waals surface area contributed by atoms with Crippen LogP contribution in [0.5, 0.6) is 0 Å². The number of ketones is 1. The number of rotatable bonds is 2. The van der Waals surface area contributed by atoms with Gasteiger partial charge < -0.3 is 4.74 Å². The van der Waals surface area contributed by atoms with E-state index in [0.717, 1.165) is 0 Å². The third-order valence-corrected chi connectivity index (χ3v) is 2.23. The summed E-state index contributed by atoms with van der Waals surface area (Å²) in [6.07, 6.45) is 3.60. The van der Waals surface area contributed by atoms with Crippen molar-refractivity contribution in [3.05, 3.63) is 12.2 Å². The van der Waals surface area contributed by atoms with Gasteiger partial charge in [0.25, 0.3) is 0 Å². The molecule has 0 bridgehead atoms. The summed E-state index contributed by atoms with van der Waals surface area (Å²) >= 11 is 0. The fourth-order valence-corrected chi connectivity index (χ4v) is 1.41. The van der Waals surface area contributed by atoms with E-state index in [9.17, 15) is 9.59 Å². The first-order valence-corrected chi connectivity index (χ1v) is 4.52. The number of carbonyl (C=O) groups excluding carboxylic acids is 2. The SMILES string of the molecule is CCOC(=O)C1CC(=O)C=CC1C. The van der Waals surface area contributed by atoms with E-state index in [0.29, 0.717) is 6.61 Å². The molecule has 0 saturated heterocycles. The van der Waals surface area contributed by atoms with E-state index >= 15 is 0 Å². The van der Waals surface area contributed by atoms with Crippen LogP contribution < -0.4 is 0 Å². The molecule has 0 aliphatic heterocycles. The zero-order valence-corrected chi connectivity index (χ0v) is 7.95. The number of hydrogen-bond acceptors (Lipinski definition) is 3. The van der Waals surface area contributed by atoms with E-state index in [2.05, 4.69) is 0 Å². The van der Waals surface area contributed by atoms with Gasteiger partial charge in [0.15, 0.2) is 5.78 Å². The maximum Gasteiger partial charge on any atom is 0.309 e. The van der Waals surface area contributed by atoms with Gasteiger partial charge in [-0.05, 0) is 18.9 Å². The molecule has 3 heteroatoms. The van der Waals surface area contributed by atoms with E-state index in [-0.39, 0.29) is 30.0 Å². The maximum atomic E-state index is 11.3. The summed E-state index contributed by atoms with van der Waals surface area (Å²) in [5, 5.41) is 0. The molecule has 0 fully saturated rings. The number of allylic oxidation sites excluding steroid dienone is 2. The highest BCUT2D eigenvalue weighted by Crippen LogP contribution is 2.23. The molecule has 0 amide bonds. The standard InChI is InChI=1S/C10H14O3/c1-3-13-10(12)9-6-8(11)5-4-7(9)2/h4-5,7,9H,3,6H2,1-2H3. The highest BCUT2D eigenvalue weighted by Gasteiger charge is 2.29. The zero-order chi connectivity index (χ0) is 9.84. The number of carbonyl (C=O) groups is 2. The minimum atomic E-state index is -0.280. The van der Waals surface area contributed by atoms with Gasteiger partial charge in [0.05, 0.1) is 12.5 Å². The van der Waals surface area contributed by atoms with Crippen LogP contribution in [0.4, 0.5) is 0 Å². The summed E-state index contributed by atoms with van der Waals surface area (Å²) in [4.78, 5) is 22.4. The van der Waals surface area contributed by atoms with Crippen molar-refractivity contribution in [1.82, 2.24) is 0 Å². The molecule has 0 spiro atoms. The summed E-state index contributed by atoms with van der Waals surface area (Å²) in [7, 11) is 0. The van der Waals surface area contributed by atoms with Crippen molar-refractivity contribution in [2.75, 3.05) is 6.61 Å². The summed E-state index contributed by atoms with van der Waals surface area (Å²) in [5.74, 6) is -0.418. The van der Waals surface area contributed by atoms with Crippen LogP contribution in [0, 0.1) is 11.8 Å². The normalized spacial score (nSPS) is 27.4. The van der Waals surface area contributed by atoms with E-state index in [1.165, 1.54) is 0 Å². The molecule has 1 aliphatic carbocycles. The quantitative estimate of drug-likeness (QED) is 0.605. The topological polar surface area (TPSA) is 43.4 Å². The van der Waals surface area contributed by atoms with Crippen LogP contribution in [0.15, 0.2) is 12.2 Å². The highest BCUT2D eigenvalue weighted by atomic mass is 16.5. The summed E-state index contributed by atoms with van der Waals surface area (Å²) in [5.41, 5.74) is 0. The molecule has 2 unspecified atom stereocenters. The zero-order valence-electron chi connectivity index (χ0n) is 7.95. The Kier molecular flexibility index (Phi) is 3.23. The first-order valence-electron chi connectivity index (χ1n) is 4.52. The molecule has 0 N–H and O–H groups in total. The van der Waals surface area contributed by atoms with Gasteiger partial charge in [-0.25, -0.2) is 0 Å². The van der Waals surface area contributed by atoms with E-state index < -0.39 is 0 Å². The lowest BCUT2D eigenvalue weighted by atomic mass is 9.85. The molecule has 1 rings (SSSR count). The van der Waals surface area contributed by atoms with Gasteiger partial charge in [-0.1, -0.05) is 13.0 Å². The molecule has 3 nitrogen and oxygen atoms in total. The van der Waals surface area contributed by atoms with Gasteiger partial charge in [0.1, 0.15) is 0 Å². The van der Waals surface area contributed by atoms with Gasteiger partial charge in [0, 0.05) is 6.42 Å². The van der Waals surface area contributed by atoms with Crippen LogP contribution in [0.25, 0.3) is 0 Å². The number of esters is 1. The predicted molar refractivity (Wildman–Crippen MR) is 48.1 cm³/mol. The molecule has 13 heavy (non-hydrogen) atoms. The summed E-state index contributed by atoms with van der Waals surface area (Å²) in [6, 6.07) is 0. The molecule has 2 atom stereocenters. The van der Waals surface area contributed by atoms with Gasteiger partial charge in [-0.2, -0.15) is 0 Å². The Morgan fingerprint density at radius 3 is 3.00 bits per heavy atom. The van der Waals surface area contributed by atoms with Crippen molar-refractivity contribution < 1.29 is 14.3 Å². The first-order chi connectivity index (χ1) is 6.15. The molecule has 0 aromatic carbocycles. The number of ether oxygens (including phenoxy) is 1. The second kappa shape index (κ2) is 4.21. The molecule has 0 aromatic heterocycles. The fraction of sp³-hybridized carbons (Fsp3) is 0.600. The second-order valence-electron chi connectivity index (χ2n) is 3.25. The minimum Gasteiger partial charge on any atom is -0.466 e. The third kappa shape index (κ3) is 2.41. The summed E-state index contributed by atoms with van der Waals surface area (Å²) in [6.45, 7) is 4.06. The molecular formula is C10H14O3. The van der Waals surface area contributed by atoms with E-state index in [1.54, 1.807) is 19.1 Å². The largest absolute Gasteiger partial charge is 0.466 e. The Morgan fingerprint density at radius 1 is 1.69 bits per heavy atom. The highest BCUT2D eigenvalue weighted by molar-refractivity contribution is 5.94. The van der Waals surface area contributed by atoms with Crippen molar-refractivity contribution in [3.8, 4) is 0 Å². The Balaban J connectivity index is 2.64. The minimum absolute atomic E-state index is 0.0103. The predicted octanol–water partition coefficient (Wildman–Crippen LogP) is 1.33. The van der Waals surface area contributed by atoms with Crippen LogP contribution in [0.2, 0.25) is 0 Å². The second-order valence-corrected chi connectivity index (χ2v) is 3.25. The van der Waals surface area contributed by atoms with Gasteiger partial charge >= 0.3 is 5.97 Å². The lowest BCUT2D eigenvalue weighted by Gasteiger charge is -2.21. The Labute approximate surface area is 77.8 Å². The lowest BCUT2D eigenvalue weighted by Crippen LogP contribution is -2.28. The van der Waals surface area contributed by atoms with Crippen LogP contribution >= 0.6 is 0 Å². The van der Waals surface area contributed by atoms with Crippen molar-refractivity contribution in [1.29, 1.82) is 0 Å². The van der Waals surface area contributed by atoms with E-state index in [1.807, 2.05) is 6.92 Å². The van der Waals surface area contributed by atoms with Crippen molar-refractivity contribution >= 4 is 11.8 Å². The van der Waals surface area contributed by atoms with Gasteiger partial charge in [-0.15, -0.1) is 0 Å². The maximum absolute atomic E-state index is 11.3. The smallest absolute Gasteiger partial charge is 0.309 e. The Bertz CT molecular complexity index is 243.